The quantitative estimate of drug-likeness (QED) is 0.264. The van der Waals surface area contributed by atoms with Gasteiger partial charge in [-0.2, -0.15) is 0 Å². The first kappa shape index (κ1) is 27.1. The van der Waals surface area contributed by atoms with Crippen molar-refractivity contribution in [2.45, 2.75) is 26.8 Å². The molecule has 1 aliphatic heterocycles. The lowest BCUT2D eigenvalue weighted by Crippen LogP contribution is -2.54. The Morgan fingerprint density at radius 1 is 1.07 bits per heavy atom. The number of methoxy groups -OCH3 is 1. The van der Waals surface area contributed by atoms with Gasteiger partial charge in [0.2, 0.25) is 0 Å². The lowest BCUT2D eigenvalue weighted by Gasteiger charge is -2.33. The fourth-order valence-electron chi connectivity index (χ4n) is 6.36. The summed E-state index contributed by atoms with van der Waals surface area (Å²) < 4.78 is 11.3. The van der Waals surface area contributed by atoms with Gasteiger partial charge in [0.05, 0.1) is 36.1 Å². The minimum absolute atomic E-state index is 0.0123. The standard InChI is InChI=1S/C33H32N6O4/c1-17-29(18(2)43-38-17)26-13-27-25(14-28(26)42-4)30-31(35-19(3)36-32(30)37-27)23-9-10-24(22-8-6-5-7-21(22)23)33(41)39-12-11-34-20(15-39)16-40/h5-10,13-14,20,34,40H,11-12,15-16H2,1-4H3,(H,35,36,37). The van der Waals surface area contributed by atoms with Crippen molar-refractivity contribution in [1.82, 2.24) is 30.3 Å². The second-order valence-corrected chi connectivity index (χ2v) is 11.1. The number of hydrogen-bond acceptors (Lipinski definition) is 8. The van der Waals surface area contributed by atoms with Crippen LogP contribution in [0.2, 0.25) is 0 Å². The molecule has 0 radical (unpaired) electrons. The van der Waals surface area contributed by atoms with Crippen LogP contribution in [-0.2, 0) is 0 Å². The number of rotatable bonds is 5. The van der Waals surface area contributed by atoms with Crippen molar-refractivity contribution < 1.29 is 19.2 Å². The van der Waals surface area contributed by atoms with Gasteiger partial charge in [-0.25, -0.2) is 9.97 Å². The minimum atomic E-state index is -0.127. The Kier molecular flexibility index (Phi) is 6.60. The molecule has 1 fully saturated rings. The third-order valence-corrected chi connectivity index (χ3v) is 8.36. The van der Waals surface area contributed by atoms with Crippen molar-refractivity contribution in [2.24, 2.45) is 0 Å². The number of H-pyrrole nitrogens is 1. The van der Waals surface area contributed by atoms with Gasteiger partial charge in [0, 0.05) is 53.3 Å². The Bertz CT molecular complexity index is 2030. The molecule has 0 aliphatic carbocycles. The first-order valence-electron chi connectivity index (χ1n) is 14.3. The molecular weight excluding hydrogens is 544 g/mol. The summed E-state index contributed by atoms with van der Waals surface area (Å²) in [6.07, 6.45) is 0. The maximum Gasteiger partial charge on any atom is 0.254 e. The van der Waals surface area contributed by atoms with E-state index in [1.165, 1.54) is 0 Å². The third kappa shape index (κ3) is 4.41. The Morgan fingerprint density at radius 3 is 2.63 bits per heavy atom. The Morgan fingerprint density at radius 2 is 1.88 bits per heavy atom. The summed E-state index contributed by atoms with van der Waals surface area (Å²) in [5.74, 6) is 2.00. The van der Waals surface area contributed by atoms with Crippen molar-refractivity contribution in [3.8, 4) is 28.1 Å². The van der Waals surface area contributed by atoms with Crippen LogP contribution in [0.25, 0.3) is 55.1 Å². The Balaban J connectivity index is 1.43. The second kappa shape index (κ2) is 10.5. The molecule has 1 atom stereocenters. The van der Waals surface area contributed by atoms with Crippen LogP contribution in [0.3, 0.4) is 0 Å². The monoisotopic (exact) mass is 576 g/mol. The van der Waals surface area contributed by atoms with Crippen LogP contribution < -0.4 is 10.1 Å². The molecule has 0 spiro atoms. The van der Waals surface area contributed by atoms with Gasteiger partial charge in [-0.3, -0.25) is 4.79 Å². The summed E-state index contributed by atoms with van der Waals surface area (Å²) in [6, 6.07) is 15.8. The number of fused-ring (bicyclic) bond motifs is 4. The molecule has 218 valence electrons. The highest BCUT2D eigenvalue weighted by Gasteiger charge is 2.26. The summed E-state index contributed by atoms with van der Waals surface area (Å²) in [5, 5.41) is 20.6. The maximum absolute atomic E-state index is 13.7. The SMILES string of the molecule is COc1cc2c(cc1-c1c(C)noc1C)[nH]c1nc(C)nc(-c3ccc(C(=O)N4CCNC(CO)C4)c4ccccc34)c12. The molecule has 3 N–H and O–H groups in total. The number of ether oxygens (including phenoxy) is 1. The van der Waals surface area contributed by atoms with E-state index in [-0.39, 0.29) is 18.6 Å². The average Bonchev–Trinajstić information content (AvgIpc) is 3.56. The molecule has 4 heterocycles. The molecular formula is C33H32N6O4. The maximum atomic E-state index is 13.7. The zero-order valence-corrected chi connectivity index (χ0v) is 24.5. The molecule has 1 amide bonds. The van der Waals surface area contributed by atoms with E-state index in [2.05, 4.69) is 21.5 Å². The number of aliphatic hydroxyl groups excluding tert-OH is 1. The van der Waals surface area contributed by atoms with Gasteiger partial charge in [0.1, 0.15) is 23.0 Å². The lowest BCUT2D eigenvalue weighted by atomic mass is 9.94. The highest BCUT2D eigenvalue weighted by molar-refractivity contribution is 6.17. The number of nitrogens with zero attached hydrogens (tertiary/aromatic N) is 4. The molecule has 10 heteroatoms. The number of carbonyl (C=O) groups excluding carboxylic acids is 1. The number of aliphatic hydroxyl groups is 1. The van der Waals surface area contributed by atoms with Crippen LogP contribution in [0.1, 0.15) is 27.6 Å². The average molecular weight is 577 g/mol. The molecule has 3 aromatic heterocycles. The first-order valence-corrected chi connectivity index (χ1v) is 14.3. The summed E-state index contributed by atoms with van der Waals surface area (Å²) in [4.78, 5) is 28.8. The summed E-state index contributed by atoms with van der Waals surface area (Å²) in [6.45, 7) is 7.37. The number of aromatic nitrogens is 4. The third-order valence-electron chi connectivity index (χ3n) is 8.36. The van der Waals surface area contributed by atoms with E-state index in [0.717, 1.165) is 66.5 Å². The molecule has 7 rings (SSSR count). The fourth-order valence-corrected chi connectivity index (χ4v) is 6.36. The van der Waals surface area contributed by atoms with Gasteiger partial charge < -0.3 is 29.6 Å². The highest BCUT2D eigenvalue weighted by Crippen LogP contribution is 2.42. The minimum Gasteiger partial charge on any atom is -0.496 e. The summed E-state index contributed by atoms with van der Waals surface area (Å²) >= 11 is 0. The molecule has 1 unspecified atom stereocenters. The zero-order valence-electron chi connectivity index (χ0n) is 24.5. The Hall–Kier alpha value is -4.80. The molecule has 3 aromatic carbocycles. The van der Waals surface area contributed by atoms with Gasteiger partial charge >= 0.3 is 0 Å². The van der Waals surface area contributed by atoms with E-state index in [0.29, 0.717) is 36.8 Å². The van der Waals surface area contributed by atoms with E-state index in [4.69, 9.17) is 19.2 Å². The Labute approximate surface area is 247 Å². The van der Waals surface area contributed by atoms with Gasteiger partial charge in [-0.1, -0.05) is 35.5 Å². The molecule has 1 saturated heterocycles. The number of piperazine rings is 1. The molecule has 0 saturated carbocycles. The van der Waals surface area contributed by atoms with E-state index in [1.807, 2.05) is 68.1 Å². The van der Waals surface area contributed by atoms with Crippen molar-refractivity contribution >= 4 is 38.6 Å². The van der Waals surface area contributed by atoms with Crippen LogP contribution in [0, 0.1) is 20.8 Å². The van der Waals surface area contributed by atoms with Gasteiger partial charge in [-0.15, -0.1) is 0 Å². The van der Waals surface area contributed by atoms with Crippen LogP contribution in [0.15, 0.2) is 53.1 Å². The number of benzene rings is 3. The zero-order chi connectivity index (χ0) is 29.8. The first-order chi connectivity index (χ1) is 20.9. The van der Waals surface area contributed by atoms with Crippen LogP contribution >= 0.6 is 0 Å². The fraction of sp³-hybridized carbons (Fsp3) is 0.273. The van der Waals surface area contributed by atoms with E-state index in [9.17, 15) is 9.90 Å². The van der Waals surface area contributed by atoms with Gasteiger partial charge in [-0.05, 0) is 49.7 Å². The van der Waals surface area contributed by atoms with Gasteiger partial charge in [0.25, 0.3) is 5.91 Å². The predicted molar refractivity (Wildman–Crippen MR) is 165 cm³/mol. The topological polar surface area (TPSA) is 129 Å². The largest absolute Gasteiger partial charge is 0.496 e. The number of carbonyl (C=O) groups is 1. The highest BCUT2D eigenvalue weighted by atomic mass is 16.5. The molecule has 6 aromatic rings. The van der Waals surface area contributed by atoms with Crippen molar-refractivity contribution in [3.63, 3.8) is 0 Å². The molecule has 1 aliphatic rings. The van der Waals surface area contributed by atoms with Crippen molar-refractivity contribution in [2.75, 3.05) is 33.4 Å². The van der Waals surface area contributed by atoms with Gasteiger partial charge in [0.15, 0.2) is 0 Å². The van der Waals surface area contributed by atoms with E-state index in [1.54, 1.807) is 7.11 Å². The van der Waals surface area contributed by atoms with Crippen molar-refractivity contribution in [1.29, 1.82) is 0 Å². The molecule has 0 bridgehead atoms. The number of amides is 1. The van der Waals surface area contributed by atoms with Crippen LogP contribution in [0.5, 0.6) is 5.75 Å². The number of nitrogens with one attached hydrogen (secondary N) is 2. The van der Waals surface area contributed by atoms with Crippen LogP contribution in [0.4, 0.5) is 0 Å². The summed E-state index contributed by atoms with van der Waals surface area (Å²) in [7, 11) is 1.66. The molecule has 10 nitrogen and oxygen atoms in total. The smallest absolute Gasteiger partial charge is 0.254 e. The van der Waals surface area contributed by atoms with E-state index < -0.39 is 0 Å². The lowest BCUT2D eigenvalue weighted by molar-refractivity contribution is 0.0673. The predicted octanol–water partition coefficient (Wildman–Crippen LogP) is 4.93. The molecule has 43 heavy (non-hydrogen) atoms. The number of aryl methyl sites for hydroxylation is 3. The number of hydrogen-bond donors (Lipinski definition) is 3. The summed E-state index contributed by atoms with van der Waals surface area (Å²) in [5.41, 5.74) is 6.50. The van der Waals surface area contributed by atoms with E-state index >= 15 is 0 Å². The normalized spacial score (nSPS) is 15.6. The second-order valence-electron chi connectivity index (χ2n) is 11.1. The van der Waals surface area contributed by atoms with Crippen molar-refractivity contribution in [3.05, 3.63) is 71.4 Å². The van der Waals surface area contributed by atoms with Crippen LogP contribution in [-0.4, -0.2) is 75.4 Å². The number of aromatic amines is 1.